The van der Waals surface area contributed by atoms with Crippen LogP contribution in [-0.2, 0) is 4.74 Å². The van der Waals surface area contributed by atoms with Gasteiger partial charge in [0.25, 0.3) is 0 Å². The second-order valence-corrected chi connectivity index (χ2v) is 2.49. The number of hydrogen-bond acceptors (Lipinski definition) is 3. The largest absolute Gasteiger partial charge is 0.384 e. The highest BCUT2D eigenvalue weighted by molar-refractivity contribution is 5.11. The molecule has 0 aliphatic carbocycles. The molecule has 1 unspecified atom stereocenters. The van der Waals surface area contributed by atoms with E-state index in [2.05, 4.69) is 9.72 Å². The minimum atomic E-state index is -1.16. The molecule has 0 amide bonds. The predicted molar refractivity (Wildman–Crippen MR) is 41.0 cm³/mol. The van der Waals surface area contributed by atoms with Crippen LogP contribution in [0.2, 0.25) is 0 Å². The Labute approximate surface area is 74.0 Å². The van der Waals surface area contributed by atoms with Crippen LogP contribution in [0.15, 0.2) is 12.3 Å². The molecule has 1 atom stereocenters. The molecule has 13 heavy (non-hydrogen) atoms. The van der Waals surface area contributed by atoms with Crippen LogP contribution in [0, 0.1) is 11.6 Å². The van der Waals surface area contributed by atoms with E-state index in [-0.39, 0.29) is 12.3 Å². The molecule has 1 heterocycles. The van der Waals surface area contributed by atoms with Crippen molar-refractivity contribution < 1.29 is 18.6 Å². The number of aliphatic hydroxyl groups is 1. The summed E-state index contributed by atoms with van der Waals surface area (Å²) >= 11 is 0. The van der Waals surface area contributed by atoms with Gasteiger partial charge in [0, 0.05) is 13.2 Å². The molecule has 0 spiro atoms. The summed E-state index contributed by atoms with van der Waals surface area (Å²) in [5.41, 5.74) is -0.205. The van der Waals surface area contributed by atoms with Crippen LogP contribution >= 0.6 is 0 Å². The molecule has 72 valence electrons. The van der Waals surface area contributed by atoms with Gasteiger partial charge in [0.05, 0.1) is 12.8 Å². The molecule has 0 radical (unpaired) electrons. The Morgan fingerprint density at radius 3 is 2.85 bits per heavy atom. The number of hydrogen-bond donors (Lipinski definition) is 1. The summed E-state index contributed by atoms with van der Waals surface area (Å²) in [6, 6.07) is 0.668. The third kappa shape index (κ3) is 2.43. The van der Waals surface area contributed by atoms with Gasteiger partial charge in [0.15, 0.2) is 0 Å². The first-order chi connectivity index (χ1) is 6.15. The third-order valence-electron chi connectivity index (χ3n) is 1.48. The molecule has 0 aliphatic rings. The molecule has 1 N–H and O–H groups in total. The zero-order valence-corrected chi connectivity index (χ0v) is 7.00. The number of aliphatic hydroxyl groups excluding tert-OH is 1. The maximum absolute atomic E-state index is 12.9. The summed E-state index contributed by atoms with van der Waals surface area (Å²) in [6.45, 7) is -0.0739. The van der Waals surface area contributed by atoms with Crippen molar-refractivity contribution in [3.63, 3.8) is 0 Å². The van der Waals surface area contributed by atoms with Crippen molar-refractivity contribution >= 4 is 0 Å². The Balaban J connectivity index is 2.88. The Bertz CT molecular complexity index is 293. The lowest BCUT2D eigenvalue weighted by atomic mass is 10.2. The summed E-state index contributed by atoms with van der Waals surface area (Å²) in [7, 11) is 1.37. The average Bonchev–Trinajstić information content (AvgIpc) is 2.04. The van der Waals surface area contributed by atoms with Crippen LogP contribution in [0.25, 0.3) is 0 Å². The second-order valence-electron chi connectivity index (χ2n) is 2.49. The highest BCUT2D eigenvalue weighted by Gasteiger charge is 2.14. The topological polar surface area (TPSA) is 42.4 Å². The molecule has 0 bridgehead atoms. The van der Waals surface area contributed by atoms with Gasteiger partial charge in [-0.05, 0) is 0 Å². The Morgan fingerprint density at radius 1 is 1.62 bits per heavy atom. The maximum Gasteiger partial charge on any atom is 0.150 e. The number of ether oxygens (including phenoxy) is 1. The second kappa shape index (κ2) is 4.25. The van der Waals surface area contributed by atoms with Gasteiger partial charge in [-0.2, -0.15) is 0 Å². The number of pyridine rings is 1. The molecule has 1 aromatic heterocycles. The molecular formula is C8H9F2NO2. The average molecular weight is 189 g/mol. The van der Waals surface area contributed by atoms with Crippen LogP contribution in [-0.4, -0.2) is 23.8 Å². The Morgan fingerprint density at radius 2 is 2.31 bits per heavy atom. The molecule has 5 heteroatoms. The highest BCUT2D eigenvalue weighted by atomic mass is 19.1. The molecule has 3 nitrogen and oxygen atoms in total. The fourth-order valence-corrected chi connectivity index (χ4v) is 0.907. The van der Waals surface area contributed by atoms with Crippen LogP contribution < -0.4 is 0 Å². The molecule has 0 saturated carbocycles. The number of methoxy groups -OCH3 is 1. The molecule has 0 aliphatic heterocycles. The first-order valence-corrected chi connectivity index (χ1v) is 3.63. The summed E-state index contributed by atoms with van der Waals surface area (Å²) in [5, 5.41) is 9.24. The van der Waals surface area contributed by atoms with Gasteiger partial charge in [0.1, 0.15) is 23.4 Å². The maximum atomic E-state index is 12.9. The van der Waals surface area contributed by atoms with Crippen molar-refractivity contribution in [2.24, 2.45) is 0 Å². The van der Waals surface area contributed by atoms with Gasteiger partial charge >= 0.3 is 0 Å². The van der Waals surface area contributed by atoms with Gasteiger partial charge in [-0.3, -0.25) is 4.98 Å². The van der Waals surface area contributed by atoms with Gasteiger partial charge < -0.3 is 9.84 Å². The van der Waals surface area contributed by atoms with E-state index in [4.69, 9.17) is 0 Å². The van der Waals surface area contributed by atoms with Crippen LogP contribution in [0.1, 0.15) is 11.8 Å². The van der Waals surface area contributed by atoms with Crippen molar-refractivity contribution in [3.05, 3.63) is 29.6 Å². The van der Waals surface area contributed by atoms with E-state index in [0.717, 1.165) is 6.20 Å². The first kappa shape index (κ1) is 10.0. The van der Waals surface area contributed by atoms with Crippen molar-refractivity contribution in [2.75, 3.05) is 13.7 Å². The number of aromatic nitrogens is 1. The monoisotopic (exact) mass is 189 g/mol. The van der Waals surface area contributed by atoms with E-state index in [1.807, 2.05) is 0 Å². The van der Waals surface area contributed by atoms with Crippen LogP contribution in [0.3, 0.4) is 0 Å². The van der Waals surface area contributed by atoms with Crippen LogP contribution in [0.5, 0.6) is 0 Å². The standard InChI is InChI=1S/C8H9F2NO2/c1-13-4-7(12)8-6(10)2-5(9)3-11-8/h2-3,7,12H,4H2,1H3. The molecular weight excluding hydrogens is 180 g/mol. The zero-order valence-electron chi connectivity index (χ0n) is 7.00. The molecule has 0 fully saturated rings. The van der Waals surface area contributed by atoms with Gasteiger partial charge in [0.2, 0.25) is 0 Å². The molecule has 0 aromatic carbocycles. The summed E-state index contributed by atoms with van der Waals surface area (Å²) in [6.07, 6.45) is -0.317. The van der Waals surface area contributed by atoms with Gasteiger partial charge in [-0.1, -0.05) is 0 Å². The summed E-state index contributed by atoms with van der Waals surface area (Å²) < 4.78 is 29.9. The fourth-order valence-electron chi connectivity index (χ4n) is 0.907. The lowest BCUT2D eigenvalue weighted by Crippen LogP contribution is -2.09. The SMILES string of the molecule is COCC(O)c1ncc(F)cc1F. The van der Waals surface area contributed by atoms with E-state index in [9.17, 15) is 13.9 Å². The third-order valence-corrected chi connectivity index (χ3v) is 1.48. The normalized spacial score (nSPS) is 12.9. The van der Waals surface area contributed by atoms with E-state index in [1.165, 1.54) is 7.11 Å². The van der Waals surface area contributed by atoms with E-state index in [1.54, 1.807) is 0 Å². The molecule has 1 rings (SSSR count). The lowest BCUT2D eigenvalue weighted by Gasteiger charge is -2.08. The Hall–Kier alpha value is -1.07. The van der Waals surface area contributed by atoms with Crippen LogP contribution in [0.4, 0.5) is 8.78 Å². The highest BCUT2D eigenvalue weighted by Crippen LogP contribution is 2.14. The van der Waals surface area contributed by atoms with Gasteiger partial charge in [-0.25, -0.2) is 8.78 Å². The van der Waals surface area contributed by atoms with E-state index < -0.39 is 17.7 Å². The van der Waals surface area contributed by atoms with Crippen molar-refractivity contribution in [1.82, 2.24) is 4.98 Å². The minimum Gasteiger partial charge on any atom is -0.384 e. The Kier molecular flexibility index (Phi) is 3.27. The number of halogens is 2. The lowest BCUT2D eigenvalue weighted by molar-refractivity contribution is 0.0591. The molecule has 1 aromatic rings. The number of nitrogens with zero attached hydrogens (tertiary/aromatic N) is 1. The quantitative estimate of drug-likeness (QED) is 0.772. The van der Waals surface area contributed by atoms with Crippen molar-refractivity contribution in [2.45, 2.75) is 6.10 Å². The summed E-state index contributed by atoms with van der Waals surface area (Å²) in [4.78, 5) is 3.42. The zero-order chi connectivity index (χ0) is 9.84. The predicted octanol–water partition coefficient (Wildman–Crippen LogP) is 1.04. The van der Waals surface area contributed by atoms with E-state index in [0.29, 0.717) is 6.07 Å². The van der Waals surface area contributed by atoms with Crippen molar-refractivity contribution in [3.8, 4) is 0 Å². The number of rotatable bonds is 3. The molecule has 0 saturated heterocycles. The van der Waals surface area contributed by atoms with E-state index >= 15 is 0 Å². The van der Waals surface area contributed by atoms with Gasteiger partial charge in [-0.15, -0.1) is 0 Å². The minimum absolute atomic E-state index is 0.0739. The fraction of sp³-hybridized carbons (Fsp3) is 0.375. The smallest absolute Gasteiger partial charge is 0.150 e. The first-order valence-electron chi connectivity index (χ1n) is 3.63. The van der Waals surface area contributed by atoms with Crippen molar-refractivity contribution in [1.29, 1.82) is 0 Å². The summed E-state index contributed by atoms with van der Waals surface area (Å²) in [5.74, 6) is -1.64.